The highest BCUT2D eigenvalue weighted by atomic mass is 16.6. The van der Waals surface area contributed by atoms with E-state index in [0.717, 1.165) is 83.5 Å². The van der Waals surface area contributed by atoms with Crippen LogP contribution in [0.4, 0.5) is 0 Å². The van der Waals surface area contributed by atoms with Gasteiger partial charge in [-0.25, -0.2) is 0 Å². The fourth-order valence-corrected chi connectivity index (χ4v) is 9.38. The summed E-state index contributed by atoms with van der Waals surface area (Å²) in [6, 6.07) is 0. The summed E-state index contributed by atoms with van der Waals surface area (Å²) in [5.41, 5.74) is 0. The molecule has 0 fully saturated rings. The van der Waals surface area contributed by atoms with Crippen molar-refractivity contribution < 1.29 is 28.6 Å². The normalized spacial score (nSPS) is 12.3. The Morgan fingerprint density at radius 1 is 0.292 bits per heavy atom. The quantitative estimate of drug-likeness (QED) is 0.0261. The van der Waals surface area contributed by atoms with E-state index >= 15 is 0 Å². The molecular formula is C66H120O6. The Hall–Kier alpha value is -2.63. The Morgan fingerprint density at radius 2 is 0.542 bits per heavy atom. The predicted octanol–water partition coefficient (Wildman–Crippen LogP) is 21.4. The molecule has 0 amide bonds. The predicted molar refractivity (Wildman–Crippen MR) is 312 cm³/mol. The molecule has 0 heterocycles. The van der Waals surface area contributed by atoms with E-state index in [4.69, 9.17) is 14.2 Å². The lowest BCUT2D eigenvalue weighted by molar-refractivity contribution is -0.167. The van der Waals surface area contributed by atoms with Gasteiger partial charge in [-0.3, -0.25) is 14.4 Å². The zero-order chi connectivity index (χ0) is 52.2. The molecule has 6 heteroatoms. The summed E-state index contributed by atoms with van der Waals surface area (Å²) in [6.07, 6.45) is 75.4. The monoisotopic (exact) mass is 1010 g/mol. The zero-order valence-corrected chi connectivity index (χ0v) is 48.2. The summed E-state index contributed by atoms with van der Waals surface area (Å²) in [5.74, 6) is -0.847. The number of esters is 3. The highest BCUT2D eigenvalue weighted by Crippen LogP contribution is 2.17. The molecule has 0 saturated heterocycles. The Balaban J connectivity index is 4.24. The first kappa shape index (κ1) is 69.4. The molecule has 420 valence electrons. The molecule has 0 saturated carbocycles. The zero-order valence-electron chi connectivity index (χ0n) is 48.2. The lowest BCUT2D eigenvalue weighted by Gasteiger charge is -2.18. The minimum Gasteiger partial charge on any atom is -0.462 e. The highest BCUT2D eigenvalue weighted by Gasteiger charge is 2.19. The second kappa shape index (κ2) is 60.9. The van der Waals surface area contributed by atoms with Gasteiger partial charge in [-0.1, -0.05) is 307 Å². The van der Waals surface area contributed by atoms with Crippen LogP contribution < -0.4 is 0 Å². The van der Waals surface area contributed by atoms with Gasteiger partial charge in [0.15, 0.2) is 6.10 Å². The summed E-state index contributed by atoms with van der Waals surface area (Å²) in [6.45, 7) is 6.58. The van der Waals surface area contributed by atoms with Crippen LogP contribution in [0.1, 0.15) is 335 Å². The van der Waals surface area contributed by atoms with Crippen molar-refractivity contribution in [3.05, 3.63) is 48.6 Å². The first-order valence-electron chi connectivity index (χ1n) is 31.6. The summed E-state index contributed by atoms with van der Waals surface area (Å²) < 4.78 is 16.9. The van der Waals surface area contributed by atoms with Crippen molar-refractivity contribution in [3.8, 4) is 0 Å². The molecule has 0 aromatic heterocycles. The van der Waals surface area contributed by atoms with Gasteiger partial charge in [0.2, 0.25) is 0 Å². The number of rotatable bonds is 58. The fourth-order valence-electron chi connectivity index (χ4n) is 9.38. The summed E-state index contributed by atoms with van der Waals surface area (Å²) in [4.78, 5) is 38.2. The first-order chi connectivity index (χ1) is 35.5. The van der Waals surface area contributed by atoms with E-state index in [-0.39, 0.29) is 31.1 Å². The standard InChI is InChI=1S/C66H120O6/c1-4-7-10-13-16-19-22-25-27-29-30-31-32-33-34-35-36-38-39-41-44-47-50-53-56-59-65(68)71-62-63(61-70-64(67)58-55-52-49-46-43-24-21-18-15-12-9-6-3)72-66(69)60-57-54-51-48-45-42-40-37-28-26-23-20-17-14-11-8-5-2/h7,10,16,19,25,27,30-31,63H,4-6,8-9,11-15,17-18,20-24,26,28-29,32-62H2,1-3H3/b10-7-,19-16-,27-25-,31-30-. The van der Waals surface area contributed by atoms with Crippen molar-refractivity contribution in [2.45, 2.75) is 341 Å². The van der Waals surface area contributed by atoms with E-state index in [9.17, 15) is 14.4 Å². The van der Waals surface area contributed by atoms with E-state index in [2.05, 4.69) is 69.4 Å². The van der Waals surface area contributed by atoms with Gasteiger partial charge in [0.25, 0.3) is 0 Å². The molecule has 0 aliphatic heterocycles. The molecule has 0 radical (unpaired) electrons. The summed E-state index contributed by atoms with van der Waals surface area (Å²) in [7, 11) is 0. The molecule has 1 unspecified atom stereocenters. The lowest BCUT2D eigenvalue weighted by atomic mass is 10.0. The second-order valence-corrected chi connectivity index (χ2v) is 21.3. The van der Waals surface area contributed by atoms with Crippen molar-refractivity contribution >= 4 is 17.9 Å². The minimum absolute atomic E-state index is 0.0676. The molecule has 1 atom stereocenters. The summed E-state index contributed by atoms with van der Waals surface area (Å²) >= 11 is 0. The maximum atomic E-state index is 12.9. The molecule has 0 aromatic rings. The van der Waals surface area contributed by atoms with Gasteiger partial charge >= 0.3 is 17.9 Å². The Morgan fingerprint density at radius 3 is 0.847 bits per heavy atom. The Kier molecular flexibility index (Phi) is 58.7. The minimum atomic E-state index is -0.769. The van der Waals surface area contributed by atoms with Crippen molar-refractivity contribution in [1.29, 1.82) is 0 Å². The summed E-state index contributed by atoms with van der Waals surface area (Å²) in [5, 5.41) is 0. The van der Waals surface area contributed by atoms with Crippen molar-refractivity contribution in [3.63, 3.8) is 0 Å². The van der Waals surface area contributed by atoms with Crippen LogP contribution in [0.2, 0.25) is 0 Å². The van der Waals surface area contributed by atoms with Crippen LogP contribution >= 0.6 is 0 Å². The Bertz CT molecular complexity index is 1250. The van der Waals surface area contributed by atoms with E-state index in [0.29, 0.717) is 19.3 Å². The number of carbonyl (C=O) groups is 3. The van der Waals surface area contributed by atoms with Gasteiger partial charge in [-0.15, -0.1) is 0 Å². The fraction of sp³-hybridized carbons (Fsp3) is 0.833. The third-order valence-electron chi connectivity index (χ3n) is 14.1. The Labute approximate surface area is 448 Å². The molecule has 72 heavy (non-hydrogen) atoms. The molecule has 0 rings (SSSR count). The van der Waals surface area contributed by atoms with Crippen LogP contribution in [-0.2, 0) is 28.6 Å². The first-order valence-corrected chi connectivity index (χ1v) is 31.6. The van der Waals surface area contributed by atoms with Crippen molar-refractivity contribution in [2.75, 3.05) is 13.2 Å². The number of hydrogen-bond acceptors (Lipinski definition) is 6. The number of allylic oxidation sites excluding steroid dienone is 8. The van der Waals surface area contributed by atoms with Crippen LogP contribution in [0.25, 0.3) is 0 Å². The van der Waals surface area contributed by atoms with Gasteiger partial charge in [0, 0.05) is 19.3 Å². The van der Waals surface area contributed by atoms with Crippen LogP contribution in [0, 0.1) is 0 Å². The average Bonchev–Trinajstić information content (AvgIpc) is 3.38. The molecule has 0 N–H and O–H groups in total. The third-order valence-corrected chi connectivity index (χ3v) is 14.1. The van der Waals surface area contributed by atoms with Crippen LogP contribution in [-0.4, -0.2) is 37.2 Å². The maximum Gasteiger partial charge on any atom is 0.306 e. The van der Waals surface area contributed by atoms with Gasteiger partial charge in [-0.05, 0) is 57.8 Å². The molecule has 0 aliphatic rings. The van der Waals surface area contributed by atoms with Gasteiger partial charge in [0.1, 0.15) is 13.2 Å². The van der Waals surface area contributed by atoms with E-state index < -0.39 is 6.10 Å². The van der Waals surface area contributed by atoms with Gasteiger partial charge < -0.3 is 14.2 Å². The largest absolute Gasteiger partial charge is 0.462 e. The van der Waals surface area contributed by atoms with Crippen molar-refractivity contribution in [1.82, 2.24) is 0 Å². The topological polar surface area (TPSA) is 78.9 Å². The molecule has 0 aromatic carbocycles. The van der Waals surface area contributed by atoms with Crippen LogP contribution in [0.15, 0.2) is 48.6 Å². The number of carbonyl (C=O) groups excluding carboxylic acids is 3. The van der Waals surface area contributed by atoms with Crippen molar-refractivity contribution in [2.24, 2.45) is 0 Å². The number of unbranched alkanes of at least 4 members (excludes halogenated alkanes) is 39. The van der Waals surface area contributed by atoms with Crippen LogP contribution in [0.3, 0.4) is 0 Å². The van der Waals surface area contributed by atoms with E-state index in [1.54, 1.807) is 0 Å². The molecule has 0 bridgehead atoms. The van der Waals surface area contributed by atoms with Gasteiger partial charge in [0.05, 0.1) is 0 Å². The number of ether oxygens (including phenoxy) is 3. The van der Waals surface area contributed by atoms with E-state index in [1.165, 1.54) is 212 Å². The second-order valence-electron chi connectivity index (χ2n) is 21.3. The molecule has 0 aliphatic carbocycles. The third kappa shape index (κ3) is 58.3. The van der Waals surface area contributed by atoms with E-state index in [1.807, 2.05) is 0 Å². The van der Waals surface area contributed by atoms with Gasteiger partial charge in [-0.2, -0.15) is 0 Å². The van der Waals surface area contributed by atoms with Crippen LogP contribution in [0.5, 0.6) is 0 Å². The maximum absolute atomic E-state index is 12.9. The SMILES string of the molecule is CC/C=C\C/C=C\C/C=C\C/C=C\CCCCCCCCCCCCCCC(=O)OCC(COC(=O)CCCCCCCCCCCCCC)OC(=O)CCCCCCCCCCCCCCCCCCC. The molecule has 6 nitrogen and oxygen atoms in total. The average molecular weight is 1010 g/mol. The molecule has 0 spiro atoms. The smallest absolute Gasteiger partial charge is 0.306 e. The number of hydrogen-bond donors (Lipinski definition) is 0. The highest BCUT2D eigenvalue weighted by molar-refractivity contribution is 5.71. The molecular weight excluding hydrogens is 889 g/mol. The lowest BCUT2D eigenvalue weighted by Crippen LogP contribution is -2.30.